The molecule has 1 aliphatic carbocycles. The molecule has 32 heavy (non-hydrogen) atoms. The molecule has 0 aliphatic heterocycles. The maximum Gasteiger partial charge on any atom is 0.392 e. The number of fused-ring (bicyclic) bond motifs is 1. The number of carbonyl (C=O) groups is 1. The van der Waals surface area contributed by atoms with Crippen LogP contribution in [0.5, 0.6) is 11.5 Å². The summed E-state index contributed by atoms with van der Waals surface area (Å²) in [4.78, 5) is 11.5. The van der Waals surface area contributed by atoms with Crippen LogP contribution in [0.25, 0.3) is 16.9 Å². The van der Waals surface area contributed by atoms with Crippen LogP contribution in [0.3, 0.4) is 0 Å². The van der Waals surface area contributed by atoms with Crippen molar-refractivity contribution >= 4 is 5.97 Å². The van der Waals surface area contributed by atoms with Gasteiger partial charge in [0.05, 0.1) is 31.4 Å². The summed E-state index contributed by atoms with van der Waals surface area (Å²) in [6, 6.07) is 13.4. The summed E-state index contributed by atoms with van der Waals surface area (Å²) in [5, 5.41) is 9.43. The van der Waals surface area contributed by atoms with Crippen molar-refractivity contribution in [1.29, 1.82) is 0 Å². The second kappa shape index (κ2) is 8.26. The lowest BCUT2D eigenvalue weighted by Crippen LogP contribution is -2.29. The third-order valence-electron chi connectivity index (χ3n) is 5.89. The number of nitrogens with zero attached hydrogens (tertiary/aromatic N) is 1. The number of aromatic carboxylic acids is 1. The van der Waals surface area contributed by atoms with Crippen molar-refractivity contribution in [1.82, 2.24) is 4.57 Å². The molecule has 1 N–H and O–H groups in total. The Kier molecular flexibility index (Phi) is 5.62. The lowest BCUT2D eigenvalue weighted by atomic mass is 9.87. The van der Waals surface area contributed by atoms with Gasteiger partial charge >= 0.3 is 12.1 Å². The Balaban J connectivity index is 1.93. The quantitative estimate of drug-likeness (QED) is 0.561. The number of alkyl halides is 3. The largest absolute Gasteiger partial charge is 0.497 e. The summed E-state index contributed by atoms with van der Waals surface area (Å²) in [5.74, 6) is -1.39. The monoisotopic (exact) mass is 445 g/mol. The van der Waals surface area contributed by atoms with Crippen LogP contribution in [0, 0.1) is 5.92 Å². The molecule has 4 rings (SSSR count). The molecule has 5 nitrogen and oxygen atoms in total. The third kappa shape index (κ3) is 3.92. The standard InChI is InChI=1S/C24H22F3NO4/c1-31-18-7-8-19(22(13-18)32-2)21-12-15-10-16(24(25,26)27)6-9-20(15)28(21)17-5-3-4-14(11-17)23(29)30/h3-5,7-8,11-13,16H,6,9-10H2,1-2H3,(H,29,30). The summed E-state index contributed by atoms with van der Waals surface area (Å²) < 4.78 is 52.9. The Morgan fingerprint density at radius 2 is 1.88 bits per heavy atom. The molecular weight excluding hydrogens is 423 g/mol. The molecule has 1 atom stereocenters. The number of rotatable bonds is 5. The fourth-order valence-corrected chi connectivity index (χ4v) is 4.29. The van der Waals surface area contributed by atoms with Gasteiger partial charge in [0, 0.05) is 23.0 Å². The maximum atomic E-state index is 13.4. The number of benzene rings is 2. The fourth-order valence-electron chi connectivity index (χ4n) is 4.29. The van der Waals surface area contributed by atoms with Crippen LogP contribution in [0.1, 0.15) is 28.0 Å². The van der Waals surface area contributed by atoms with Gasteiger partial charge in [0.15, 0.2) is 0 Å². The van der Waals surface area contributed by atoms with Gasteiger partial charge in [-0.3, -0.25) is 0 Å². The van der Waals surface area contributed by atoms with E-state index < -0.39 is 18.1 Å². The SMILES string of the molecule is COc1ccc(-c2cc3c(n2-c2cccc(C(=O)O)c2)CCC(C(F)(F)F)C3)c(OC)c1. The van der Waals surface area contributed by atoms with E-state index in [9.17, 15) is 23.1 Å². The van der Waals surface area contributed by atoms with Crippen molar-refractivity contribution in [3.63, 3.8) is 0 Å². The molecule has 1 unspecified atom stereocenters. The van der Waals surface area contributed by atoms with Crippen LogP contribution >= 0.6 is 0 Å². The van der Waals surface area contributed by atoms with E-state index in [4.69, 9.17) is 9.47 Å². The summed E-state index contributed by atoms with van der Waals surface area (Å²) >= 11 is 0. The third-order valence-corrected chi connectivity index (χ3v) is 5.89. The Hall–Kier alpha value is -3.42. The summed E-state index contributed by atoms with van der Waals surface area (Å²) in [7, 11) is 3.04. The molecule has 0 spiro atoms. The van der Waals surface area contributed by atoms with Gasteiger partial charge in [-0.15, -0.1) is 0 Å². The highest BCUT2D eigenvalue weighted by Crippen LogP contribution is 2.43. The predicted molar refractivity (Wildman–Crippen MR) is 113 cm³/mol. The Labute approximate surface area is 183 Å². The first-order valence-electron chi connectivity index (χ1n) is 10.1. The summed E-state index contributed by atoms with van der Waals surface area (Å²) in [6.07, 6.45) is -4.16. The number of aromatic nitrogens is 1. The minimum Gasteiger partial charge on any atom is -0.497 e. The highest BCUT2D eigenvalue weighted by molar-refractivity contribution is 5.88. The summed E-state index contributed by atoms with van der Waals surface area (Å²) in [6.45, 7) is 0. The molecule has 0 radical (unpaired) electrons. The Morgan fingerprint density at radius 1 is 1.09 bits per heavy atom. The molecule has 8 heteroatoms. The van der Waals surface area contributed by atoms with Crippen molar-refractivity contribution in [2.24, 2.45) is 5.92 Å². The van der Waals surface area contributed by atoms with E-state index in [1.807, 2.05) is 4.57 Å². The first kappa shape index (κ1) is 21.8. The number of halogens is 3. The molecule has 2 aromatic carbocycles. The highest BCUT2D eigenvalue weighted by atomic mass is 19.4. The van der Waals surface area contributed by atoms with Gasteiger partial charge in [0.1, 0.15) is 11.5 Å². The van der Waals surface area contributed by atoms with Crippen molar-refractivity contribution in [3.05, 3.63) is 65.4 Å². The molecule has 168 valence electrons. The van der Waals surface area contributed by atoms with E-state index in [1.165, 1.54) is 26.4 Å². The number of ether oxygens (including phenoxy) is 2. The van der Waals surface area contributed by atoms with Crippen LogP contribution in [-0.2, 0) is 12.8 Å². The van der Waals surface area contributed by atoms with E-state index in [2.05, 4.69) is 0 Å². The van der Waals surface area contributed by atoms with E-state index in [0.29, 0.717) is 34.0 Å². The first-order valence-corrected chi connectivity index (χ1v) is 10.1. The summed E-state index contributed by atoms with van der Waals surface area (Å²) in [5.41, 5.74) is 3.34. The van der Waals surface area contributed by atoms with Gasteiger partial charge in [-0.2, -0.15) is 13.2 Å². The van der Waals surface area contributed by atoms with E-state index in [1.54, 1.807) is 36.4 Å². The van der Waals surface area contributed by atoms with Gasteiger partial charge < -0.3 is 19.1 Å². The van der Waals surface area contributed by atoms with Crippen LogP contribution in [-0.4, -0.2) is 36.0 Å². The Bertz CT molecular complexity index is 1170. The molecule has 1 aliphatic rings. The van der Waals surface area contributed by atoms with Crippen LogP contribution < -0.4 is 9.47 Å². The van der Waals surface area contributed by atoms with Crippen molar-refractivity contribution in [3.8, 4) is 28.4 Å². The molecule has 0 bridgehead atoms. The zero-order chi connectivity index (χ0) is 23.0. The topological polar surface area (TPSA) is 60.7 Å². The lowest BCUT2D eigenvalue weighted by Gasteiger charge is -2.26. The zero-order valence-electron chi connectivity index (χ0n) is 17.6. The molecule has 0 fully saturated rings. The Morgan fingerprint density at radius 3 is 2.53 bits per heavy atom. The van der Waals surface area contributed by atoms with Crippen LogP contribution in [0.15, 0.2) is 48.5 Å². The van der Waals surface area contributed by atoms with E-state index in [-0.39, 0.29) is 24.8 Å². The molecule has 0 saturated carbocycles. The number of methoxy groups -OCH3 is 2. The first-order chi connectivity index (χ1) is 15.2. The number of carboxylic acids is 1. The molecule has 0 amide bonds. The van der Waals surface area contributed by atoms with Gasteiger partial charge in [0.25, 0.3) is 0 Å². The van der Waals surface area contributed by atoms with Gasteiger partial charge in [-0.05, 0) is 61.2 Å². The van der Waals surface area contributed by atoms with Gasteiger partial charge in [-0.25, -0.2) is 4.79 Å². The highest BCUT2D eigenvalue weighted by Gasteiger charge is 2.42. The second-order valence-corrected chi connectivity index (χ2v) is 7.74. The smallest absolute Gasteiger partial charge is 0.392 e. The average Bonchev–Trinajstić information content (AvgIpc) is 3.16. The lowest BCUT2D eigenvalue weighted by molar-refractivity contribution is -0.177. The average molecular weight is 445 g/mol. The maximum absolute atomic E-state index is 13.4. The minimum absolute atomic E-state index is 0.0156. The van der Waals surface area contributed by atoms with Gasteiger partial charge in [-0.1, -0.05) is 6.07 Å². The number of hydrogen-bond donors (Lipinski definition) is 1. The number of carboxylic acid groups (broad SMARTS) is 1. The van der Waals surface area contributed by atoms with Gasteiger partial charge in [0.2, 0.25) is 0 Å². The number of hydrogen-bond acceptors (Lipinski definition) is 3. The zero-order valence-corrected chi connectivity index (χ0v) is 17.6. The van der Waals surface area contributed by atoms with E-state index in [0.717, 1.165) is 5.69 Å². The predicted octanol–water partition coefficient (Wildman–Crippen LogP) is 5.53. The molecule has 1 heterocycles. The minimum atomic E-state index is -4.26. The van der Waals surface area contributed by atoms with Crippen LogP contribution in [0.4, 0.5) is 13.2 Å². The van der Waals surface area contributed by atoms with Crippen molar-refractivity contribution in [2.75, 3.05) is 14.2 Å². The molecular formula is C24H22F3NO4. The fraction of sp³-hybridized carbons (Fsp3) is 0.292. The second-order valence-electron chi connectivity index (χ2n) is 7.74. The van der Waals surface area contributed by atoms with Crippen LogP contribution in [0.2, 0.25) is 0 Å². The van der Waals surface area contributed by atoms with E-state index >= 15 is 0 Å². The molecule has 0 saturated heterocycles. The molecule has 3 aromatic rings. The molecule has 1 aromatic heterocycles. The normalized spacial score (nSPS) is 15.8. The van der Waals surface area contributed by atoms with Crippen molar-refractivity contribution in [2.45, 2.75) is 25.4 Å². The van der Waals surface area contributed by atoms with Crippen molar-refractivity contribution < 1.29 is 32.5 Å².